The van der Waals surface area contributed by atoms with Gasteiger partial charge in [-0.15, -0.1) is 0 Å². The van der Waals surface area contributed by atoms with Crippen LogP contribution in [0.1, 0.15) is 102 Å². The van der Waals surface area contributed by atoms with Crippen LogP contribution in [0.25, 0.3) is 10.8 Å². The molecule has 0 heterocycles. The van der Waals surface area contributed by atoms with Gasteiger partial charge in [0.15, 0.2) is 0 Å². The molecule has 0 fully saturated rings. The molecular weight excluding hydrogens is 497 g/mol. The second-order valence-corrected chi connectivity index (χ2v) is 11.5. The first-order valence-corrected chi connectivity index (χ1v) is 16.0. The molecule has 0 aliphatic heterocycles. The van der Waals surface area contributed by atoms with Crippen molar-refractivity contribution in [1.82, 2.24) is 5.32 Å². The largest absolute Gasteiger partial charge is 0.469 e. The van der Waals surface area contributed by atoms with E-state index in [0.717, 1.165) is 42.0 Å². The first kappa shape index (κ1) is 32.2. The van der Waals surface area contributed by atoms with E-state index in [-0.39, 0.29) is 12.5 Å². The van der Waals surface area contributed by atoms with Gasteiger partial charge in [-0.25, -0.2) is 4.57 Å². The lowest BCUT2D eigenvalue weighted by atomic mass is 9.99. The highest BCUT2D eigenvalue weighted by molar-refractivity contribution is 7.46. The van der Waals surface area contributed by atoms with Crippen molar-refractivity contribution < 1.29 is 23.7 Å². The summed E-state index contributed by atoms with van der Waals surface area (Å²) < 4.78 is 16.0. The lowest BCUT2D eigenvalue weighted by Crippen LogP contribution is -2.39. The highest BCUT2D eigenvalue weighted by Gasteiger charge is 2.21. The minimum absolute atomic E-state index is 0.109. The predicted molar refractivity (Wildman–Crippen MR) is 157 cm³/mol. The van der Waals surface area contributed by atoms with Crippen molar-refractivity contribution in [2.24, 2.45) is 0 Å². The van der Waals surface area contributed by atoms with Gasteiger partial charge in [0.2, 0.25) is 5.91 Å². The Morgan fingerprint density at radius 3 is 2.16 bits per heavy atom. The van der Waals surface area contributed by atoms with Crippen LogP contribution < -0.4 is 5.32 Å². The number of fused-ring (bicyclic) bond motifs is 1. The Bertz CT molecular complexity index is 997. The SMILES string of the molecule is CCCCCCCC/C=C\CCCCCCCC(=O)N[C@@H](COP(=O)(O)O)Cc1cccc2ccccc12. The van der Waals surface area contributed by atoms with E-state index in [9.17, 15) is 9.36 Å². The molecule has 0 bridgehead atoms. The lowest BCUT2D eigenvalue weighted by molar-refractivity contribution is -0.122. The van der Waals surface area contributed by atoms with E-state index < -0.39 is 13.9 Å². The molecule has 2 rings (SSSR count). The quantitative estimate of drug-likeness (QED) is 0.0839. The van der Waals surface area contributed by atoms with Crippen LogP contribution in [-0.4, -0.2) is 28.3 Å². The second kappa shape index (κ2) is 19.1. The van der Waals surface area contributed by atoms with Crippen LogP contribution in [0, 0.1) is 0 Å². The number of phosphoric ester groups is 1. The van der Waals surface area contributed by atoms with Gasteiger partial charge >= 0.3 is 7.82 Å². The van der Waals surface area contributed by atoms with Crippen LogP contribution in [0.15, 0.2) is 54.6 Å². The normalized spacial score (nSPS) is 12.8. The molecule has 38 heavy (non-hydrogen) atoms. The Morgan fingerprint density at radius 1 is 0.868 bits per heavy atom. The van der Waals surface area contributed by atoms with Crippen molar-refractivity contribution in [1.29, 1.82) is 0 Å². The Morgan fingerprint density at radius 2 is 1.47 bits per heavy atom. The summed E-state index contributed by atoms with van der Waals surface area (Å²) in [5, 5.41) is 5.08. The Kier molecular flexibility index (Phi) is 16.2. The third-order valence-corrected chi connectivity index (χ3v) is 7.31. The van der Waals surface area contributed by atoms with Gasteiger partial charge in [-0.05, 0) is 54.9 Å². The number of rotatable bonds is 21. The Hall–Kier alpha value is -1.98. The Labute approximate surface area is 229 Å². The zero-order valence-electron chi connectivity index (χ0n) is 23.2. The van der Waals surface area contributed by atoms with Gasteiger partial charge in [0.1, 0.15) is 0 Å². The molecule has 0 unspecified atom stereocenters. The van der Waals surface area contributed by atoms with E-state index in [2.05, 4.69) is 24.4 Å². The minimum atomic E-state index is -4.63. The summed E-state index contributed by atoms with van der Waals surface area (Å²) in [6, 6.07) is 13.4. The van der Waals surface area contributed by atoms with E-state index in [1.807, 2.05) is 42.5 Å². The maximum Gasteiger partial charge on any atom is 0.469 e. The van der Waals surface area contributed by atoms with Crippen LogP contribution in [0.2, 0.25) is 0 Å². The summed E-state index contributed by atoms with van der Waals surface area (Å²) in [7, 11) is -4.63. The van der Waals surface area contributed by atoms with Crippen molar-refractivity contribution in [3.05, 3.63) is 60.2 Å². The molecule has 1 amide bonds. The topological polar surface area (TPSA) is 95.9 Å². The molecule has 212 valence electrons. The number of phosphoric acid groups is 1. The van der Waals surface area contributed by atoms with Gasteiger partial charge in [0, 0.05) is 6.42 Å². The Balaban J connectivity index is 1.64. The summed E-state index contributed by atoms with van der Waals surface area (Å²) in [4.78, 5) is 30.9. The van der Waals surface area contributed by atoms with E-state index in [1.165, 1.54) is 57.8 Å². The van der Waals surface area contributed by atoms with Crippen molar-refractivity contribution in [3.63, 3.8) is 0 Å². The van der Waals surface area contributed by atoms with Crippen LogP contribution in [0.5, 0.6) is 0 Å². The zero-order valence-corrected chi connectivity index (χ0v) is 24.0. The average Bonchev–Trinajstić information content (AvgIpc) is 2.89. The number of hydrogen-bond acceptors (Lipinski definition) is 3. The van der Waals surface area contributed by atoms with E-state index in [0.29, 0.717) is 12.8 Å². The first-order valence-electron chi connectivity index (χ1n) is 14.5. The maximum absolute atomic E-state index is 12.6. The van der Waals surface area contributed by atoms with Crippen molar-refractivity contribution in [2.75, 3.05) is 6.61 Å². The van der Waals surface area contributed by atoms with Gasteiger partial charge in [-0.2, -0.15) is 0 Å². The van der Waals surface area contributed by atoms with Gasteiger partial charge < -0.3 is 15.1 Å². The number of amides is 1. The molecule has 0 spiro atoms. The molecule has 0 radical (unpaired) electrons. The molecule has 1 atom stereocenters. The predicted octanol–water partition coefficient (Wildman–Crippen LogP) is 8.01. The fourth-order valence-corrected chi connectivity index (χ4v) is 5.10. The van der Waals surface area contributed by atoms with Crippen LogP contribution in [0.3, 0.4) is 0 Å². The summed E-state index contributed by atoms with van der Waals surface area (Å²) in [5.74, 6) is -0.109. The summed E-state index contributed by atoms with van der Waals surface area (Å²) in [6.07, 6.45) is 21.1. The smallest absolute Gasteiger partial charge is 0.351 e. The molecule has 2 aromatic carbocycles. The molecule has 2 aromatic rings. The van der Waals surface area contributed by atoms with Crippen molar-refractivity contribution in [3.8, 4) is 0 Å². The highest BCUT2D eigenvalue weighted by Crippen LogP contribution is 2.36. The molecule has 7 heteroatoms. The van der Waals surface area contributed by atoms with Crippen LogP contribution >= 0.6 is 7.82 Å². The molecule has 0 saturated heterocycles. The second-order valence-electron chi connectivity index (χ2n) is 10.2. The summed E-state index contributed by atoms with van der Waals surface area (Å²) in [6.45, 7) is 2.01. The maximum atomic E-state index is 12.6. The number of hydrogen-bond donors (Lipinski definition) is 3. The van der Waals surface area contributed by atoms with Crippen molar-refractivity contribution in [2.45, 2.75) is 109 Å². The van der Waals surface area contributed by atoms with Gasteiger partial charge in [-0.3, -0.25) is 9.32 Å². The number of carbonyl (C=O) groups is 1. The van der Waals surface area contributed by atoms with E-state index in [1.54, 1.807) is 0 Å². The van der Waals surface area contributed by atoms with Crippen LogP contribution in [-0.2, 0) is 20.3 Å². The number of nitrogens with one attached hydrogen (secondary N) is 1. The third-order valence-electron chi connectivity index (χ3n) is 6.82. The lowest BCUT2D eigenvalue weighted by Gasteiger charge is -2.20. The third kappa shape index (κ3) is 14.8. The van der Waals surface area contributed by atoms with Crippen molar-refractivity contribution >= 4 is 24.5 Å². The van der Waals surface area contributed by atoms with Gasteiger partial charge in [0.25, 0.3) is 0 Å². The standard InChI is InChI=1S/C31H48NO5P/c1-2-3-4-5-6-7-8-9-10-11-12-13-14-15-16-24-31(33)32-29(26-37-38(34,35)36)25-28-22-19-21-27-20-17-18-23-30(27)28/h9-10,17-23,29H,2-8,11-16,24-26H2,1H3,(H,32,33)(H2,34,35,36)/b10-9-/t29-/m1/s1. The number of allylic oxidation sites excluding steroid dienone is 2. The first-order chi connectivity index (χ1) is 18.4. The molecule has 3 N–H and O–H groups in total. The van der Waals surface area contributed by atoms with Crippen LogP contribution in [0.4, 0.5) is 0 Å². The summed E-state index contributed by atoms with van der Waals surface area (Å²) in [5.41, 5.74) is 1.00. The number of benzene rings is 2. The van der Waals surface area contributed by atoms with E-state index >= 15 is 0 Å². The number of carbonyl (C=O) groups excluding carboxylic acids is 1. The fraction of sp³-hybridized carbons (Fsp3) is 0.581. The number of unbranched alkanes of at least 4 members (excludes halogenated alkanes) is 11. The fourth-order valence-electron chi connectivity index (χ4n) is 4.73. The highest BCUT2D eigenvalue weighted by atomic mass is 31.2. The summed E-state index contributed by atoms with van der Waals surface area (Å²) >= 11 is 0. The van der Waals surface area contributed by atoms with E-state index in [4.69, 9.17) is 14.3 Å². The van der Waals surface area contributed by atoms with Gasteiger partial charge in [0.05, 0.1) is 12.6 Å². The average molecular weight is 546 g/mol. The molecule has 0 aliphatic carbocycles. The zero-order chi connectivity index (χ0) is 27.5. The minimum Gasteiger partial charge on any atom is -0.351 e. The molecule has 0 aliphatic rings. The molecule has 6 nitrogen and oxygen atoms in total. The molecule has 0 saturated carbocycles. The molecular formula is C31H48NO5P. The van der Waals surface area contributed by atoms with Gasteiger partial charge in [-0.1, -0.05) is 113 Å². The molecule has 0 aromatic heterocycles. The monoisotopic (exact) mass is 545 g/mol.